The van der Waals surface area contributed by atoms with Gasteiger partial charge in [-0.1, -0.05) is 30.3 Å². The van der Waals surface area contributed by atoms with Crippen LogP contribution in [0.15, 0.2) is 30.3 Å². The van der Waals surface area contributed by atoms with Crippen LogP contribution in [0.4, 0.5) is 0 Å². The molecule has 0 amide bonds. The van der Waals surface area contributed by atoms with Crippen molar-refractivity contribution in [3.05, 3.63) is 35.9 Å². The van der Waals surface area contributed by atoms with Gasteiger partial charge in [-0.05, 0) is 18.4 Å². The minimum atomic E-state index is -0.613. The monoisotopic (exact) mass is 208 g/mol. The average molecular weight is 208 g/mol. The Hall–Kier alpha value is -1.35. The topological polar surface area (TPSA) is 46.5 Å². The predicted octanol–water partition coefficient (Wildman–Crippen LogP) is 1.54. The number of ether oxygens (including phenoxy) is 1. The van der Waals surface area contributed by atoms with E-state index in [1.807, 2.05) is 30.3 Å². The molecule has 1 N–H and O–H groups in total. The number of benzene rings is 1. The number of carbonyl (C=O) groups is 1. The molecule has 3 nitrogen and oxygen atoms in total. The number of aliphatic hydroxyl groups excluding tert-OH is 1. The number of methoxy groups -OCH3 is 1. The van der Waals surface area contributed by atoms with Gasteiger partial charge in [-0.2, -0.15) is 0 Å². The Morgan fingerprint density at radius 1 is 1.40 bits per heavy atom. The molecule has 3 heteroatoms. The van der Waals surface area contributed by atoms with Crippen LogP contribution in [0.25, 0.3) is 0 Å². The van der Waals surface area contributed by atoms with Crippen molar-refractivity contribution in [2.24, 2.45) is 0 Å². The second-order valence-electron chi connectivity index (χ2n) is 3.46. The molecule has 0 aliphatic carbocycles. The highest BCUT2D eigenvalue weighted by atomic mass is 16.5. The van der Waals surface area contributed by atoms with Gasteiger partial charge in [0.2, 0.25) is 0 Å². The van der Waals surface area contributed by atoms with Gasteiger partial charge in [0.05, 0.1) is 19.6 Å². The predicted molar refractivity (Wildman–Crippen MR) is 57.4 cm³/mol. The van der Waals surface area contributed by atoms with Crippen LogP contribution < -0.4 is 0 Å². The molecule has 1 rings (SSSR count). The quantitative estimate of drug-likeness (QED) is 0.747. The van der Waals surface area contributed by atoms with E-state index in [-0.39, 0.29) is 12.4 Å². The van der Waals surface area contributed by atoms with Crippen molar-refractivity contribution in [2.75, 3.05) is 7.11 Å². The summed E-state index contributed by atoms with van der Waals surface area (Å²) in [5, 5.41) is 9.51. The van der Waals surface area contributed by atoms with E-state index in [1.54, 1.807) is 0 Å². The van der Waals surface area contributed by atoms with E-state index in [1.165, 1.54) is 12.7 Å². The Labute approximate surface area is 89.7 Å². The zero-order valence-electron chi connectivity index (χ0n) is 8.85. The standard InChI is InChI=1S/C12H16O3/c1-15-12(14)9-11(13)8-7-10-5-3-2-4-6-10/h2-6,11,13H,7-9H2,1H3/t11-/m0/s1. The number of carbonyl (C=O) groups excluding carboxylic acids is 1. The molecule has 1 aromatic carbocycles. The van der Waals surface area contributed by atoms with E-state index >= 15 is 0 Å². The Morgan fingerprint density at radius 3 is 2.67 bits per heavy atom. The molecule has 0 aliphatic heterocycles. The molecule has 15 heavy (non-hydrogen) atoms. The molecular formula is C12H16O3. The first kappa shape index (κ1) is 11.7. The largest absolute Gasteiger partial charge is 0.469 e. The fourth-order valence-corrected chi connectivity index (χ4v) is 1.36. The van der Waals surface area contributed by atoms with Crippen LogP contribution in [0.1, 0.15) is 18.4 Å². The van der Waals surface area contributed by atoms with E-state index in [0.717, 1.165) is 6.42 Å². The first-order valence-corrected chi connectivity index (χ1v) is 5.01. The maximum absolute atomic E-state index is 10.9. The summed E-state index contributed by atoms with van der Waals surface area (Å²) in [4.78, 5) is 10.9. The SMILES string of the molecule is COC(=O)C[C@@H](O)CCc1ccccc1. The van der Waals surface area contributed by atoms with Crippen molar-refractivity contribution in [1.82, 2.24) is 0 Å². The van der Waals surface area contributed by atoms with Crippen LogP contribution in [-0.4, -0.2) is 24.3 Å². The molecule has 0 saturated carbocycles. The summed E-state index contributed by atoms with van der Waals surface area (Å²) in [7, 11) is 1.33. The number of hydrogen-bond donors (Lipinski definition) is 1. The van der Waals surface area contributed by atoms with Gasteiger partial charge in [0.25, 0.3) is 0 Å². The maximum Gasteiger partial charge on any atom is 0.308 e. The third-order valence-electron chi connectivity index (χ3n) is 2.24. The first-order valence-electron chi connectivity index (χ1n) is 5.01. The minimum absolute atomic E-state index is 0.0728. The van der Waals surface area contributed by atoms with Crippen molar-refractivity contribution in [2.45, 2.75) is 25.4 Å². The van der Waals surface area contributed by atoms with Crippen molar-refractivity contribution in [1.29, 1.82) is 0 Å². The Morgan fingerprint density at radius 2 is 2.07 bits per heavy atom. The zero-order valence-corrected chi connectivity index (χ0v) is 8.85. The Balaban J connectivity index is 2.28. The van der Waals surface area contributed by atoms with Crippen LogP contribution in [0, 0.1) is 0 Å². The molecule has 0 bridgehead atoms. The van der Waals surface area contributed by atoms with Gasteiger partial charge in [-0.25, -0.2) is 0 Å². The van der Waals surface area contributed by atoms with E-state index in [0.29, 0.717) is 6.42 Å². The summed E-state index contributed by atoms with van der Waals surface area (Å²) in [6.45, 7) is 0. The summed E-state index contributed by atoms with van der Waals surface area (Å²) in [5.41, 5.74) is 1.17. The lowest BCUT2D eigenvalue weighted by Gasteiger charge is -2.08. The summed E-state index contributed by atoms with van der Waals surface area (Å²) >= 11 is 0. The fraction of sp³-hybridized carbons (Fsp3) is 0.417. The summed E-state index contributed by atoms with van der Waals surface area (Å²) in [6.07, 6.45) is 0.819. The smallest absolute Gasteiger partial charge is 0.308 e. The van der Waals surface area contributed by atoms with Crippen LogP contribution in [0.3, 0.4) is 0 Å². The highest BCUT2D eigenvalue weighted by molar-refractivity contribution is 5.69. The summed E-state index contributed by atoms with van der Waals surface area (Å²) in [5.74, 6) is -0.365. The van der Waals surface area contributed by atoms with E-state index in [9.17, 15) is 9.90 Å². The van der Waals surface area contributed by atoms with Crippen molar-refractivity contribution in [3.63, 3.8) is 0 Å². The number of rotatable bonds is 5. The van der Waals surface area contributed by atoms with E-state index in [4.69, 9.17) is 0 Å². The van der Waals surface area contributed by atoms with E-state index < -0.39 is 6.10 Å². The Kier molecular flexibility index (Phi) is 4.84. The Bertz CT molecular complexity index is 295. The summed E-state index contributed by atoms with van der Waals surface area (Å²) < 4.78 is 4.47. The fourth-order valence-electron chi connectivity index (χ4n) is 1.36. The second kappa shape index (κ2) is 6.19. The molecule has 0 unspecified atom stereocenters. The molecule has 0 aromatic heterocycles. The summed E-state index contributed by atoms with van der Waals surface area (Å²) in [6, 6.07) is 9.88. The molecular weight excluding hydrogens is 192 g/mol. The van der Waals surface area contributed by atoms with Crippen molar-refractivity contribution < 1.29 is 14.6 Å². The van der Waals surface area contributed by atoms with Gasteiger partial charge in [-0.15, -0.1) is 0 Å². The molecule has 82 valence electrons. The van der Waals surface area contributed by atoms with Crippen LogP contribution >= 0.6 is 0 Å². The van der Waals surface area contributed by atoms with Gasteiger partial charge in [0.1, 0.15) is 0 Å². The van der Waals surface area contributed by atoms with E-state index in [2.05, 4.69) is 4.74 Å². The number of aliphatic hydroxyl groups is 1. The van der Waals surface area contributed by atoms with Gasteiger partial charge >= 0.3 is 5.97 Å². The van der Waals surface area contributed by atoms with Crippen LogP contribution in [0.5, 0.6) is 0 Å². The molecule has 0 radical (unpaired) electrons. The normalized spacial score (nSPS) is 12.1. The molecule has 1 aromatic rings. The van der Waals surface area contributed by atoms with Crippen LogP contribution in [0.2, 0.25) is 0 Å². The lowest BCUT2D eigenvalue weighted by molar-refractivity contribution is -0.142. The lowest BCUT2D eigenvalue weighted by Crippen LogP contribution is -2.15. The first-order chi connectivity index (χ1) is 7.22. The van der Waals surface area contributed by atoms with Crippen LogP contribution in [-0.2, 0) is 16.0 Å². The zero-order chi connectivity index (χ0) is 11.1. The number of hydrogen-bond acceptors (Lipinski definition) is 3. The molecule has 0 aliphatic rings. The van der Waals surface area contributed by atoms with Gasteiger partial charge in [-0.3, -0.25) is 4.79 Å². The van der Waals surface area contributed by atoms with Gasteiger partial charge in [0, 0.05) is 0 Å². The average Bonchev–Trinajstić information content (AvgIpc) is 2.27. The third kappa shape index (κ3) is 4.61. The lowest BCUT2D eigenvalue weighted by atomic mass is 10.1. The third-order valence-corrected chi connectivity index (χ3v) is 2.24. The number of aryl methyl sites for hydroxylation is 1. The molecule has 0 spiro atoms. The molecule has 0 saturated heterocycles. The van der Waals surface area contributed by atoms with Gasteiger partial charge in [0.15, 0.2) is 0 Å². The molecule has 0 heterocycles. The van der Waals surface area contributed by atoms with Crippen molar-refractivity contribution in [3.8, 4) is 0 Å². The maximum atomic E-state index is 10.9. The highest BCUT2D eigenvalue weighted by Gasteiger charge is 2.10. The highest BCUT2D eigenvalue weighted by Crippen LogP contribution is 2.07. The van der Waals surface area contributed by atoms with Gasteiger partial charge < -0.3 is 9.84 Å². The molecule has 1 atom stereocenters. The minimum Gasteiger partial charge on any atom is -0.469 e. The second-order valence-corrected chi connectivity index (χ2v) is 3.46. The molecule has 0 fully saturated rings. The number of esters is 1. The van der Waals surface area contributed by atoms with Crippen molar-refractivity contribution >= 4 is 5.97 Å².